The van der Waals surface area contributed by atoms with E-state index in [1.165, 1.54) is 0 Å². The van der Waals surface area contributed by atoms with Gasteiger partial charge < -0.3 is 5.73 Å². The molecule has 3 N–H and O–H groups in total. The van der Waals surface area contributed by atoms with E-state index in [9.17, 15) is 4.79 Å². The number of nitrogens with zero attached hydrogens (tertiary/aromatic N) is 1. The Labute approximate surface area is 111 Å². The quantitative estimate of drug-likeness (QED) is 0.872. The van der Waals surface area contributed by atoms with Crippen LogP contribution in [-0.4, -0.2) is 18.2 Å². The van der Waals surface area contributed by atoms with Gasteiger partial charge in [-0.2, -0.15) is 5.10 Å². The number of carbonyl (C=O) groups is 1. The summed E-state index contributed by atoms with van der Waals surface area (Å²) < 4.78 is 0. The maximum atomic E-state index is 11.0. The van der Waals surface area contributed by atoms with Crippen LogP contribution < -0.4 is 11.2 Å². The summed E-state index contributed by atoms with van der Waals surface area (Å²) in [6.45, 7) is 0.664. The van der Waals surface area contributed by atoms with E-state index in [1.807, 2.05) is 18.2 Å². The monoisotopic (exact) mass is 265 g/mol. The fraction of sp³-hybridized carbons (Fsp3) is 0.385. The zero-order valence-electron chi connectivity index (χ0n) is 10.1. The van der Waals surface area contributed by atoms with Crippen molar-refractivity contribution in [3.05, 3.63) is 34.3 Å². The van der Waals surface area contributed by atoms with E-state index >= 15 is 0 Å². The van der Waals surface area contributed by atoms with Crippen molar-refractivity contribution < 1.29 is 4.79 Å². The SMILES string of the molecule is NCCCc1ccc(C2=NNC(=O)CC2)cc1Cl. The molecule has 1 aromatic carbocycles. The van der Waals surface area contributed by atoms with E-state index < -0.39 is 0 Å². The number of halogens is 1. The highest BCUT2D eigenvalue weighted by Crippen LogP contribution is 2.21. The zero-order valence-corrected chi connectivity index (χ0v) is 10.8. The van der Waals surface area contributed by atoms with Gasteiger partial charge in [0.05, 0.1) is 5.71 Å². The van der Waals surface area contributed by atoms with E-state index in [4.69, 9.17) is 17.3 Å². The molecular weight excluding hydrogens is 250 g/mol. The van der Waals surface area contributed by atoms with Crippen LogP contribution in [0.3, 0.4) is 0 Å². The zero-order chi connectivity index (χ0) is 13.0. The second kappa shape index (κ2) is 5.98. The summed E-state index contributed by atoms with van der Waals surface area (Å²) in [5.74, 6) is -0.0376. The average Bonchev–Trinajstić information content (AvgIpc) is 2.38. The third-order valence-electron chi connectivity index (χ3n) is 2.94. The number of nitrogens with two attached hydrogens (primary N) is 1. The summed E-state index contributed by atoms with van der Waals surface area (Å²) in [5, 5.41) is 4.79. The summed E-state index contributed by atoms with van der Waals surface area (Å²) in [7, 11) is 0. The number of carbonyl (C=O) groups excluding carboxylic acids is 1. The molecule has 0 aliphatic carbocycles. The highest BCUT2D eigenvalue weighted by atomic mass is 35.5. The molecule has 1 aromatic rings. The smallest absolute Gasteiger partial charge is 0.240 e. The second-order valence-corrected chi connectivity index (χ2v) is 4.70. The number of benzene rings is 1. The van der Waals surface area contributed by atoms with Crippen LogP contribution in [0.25, 0.3) is 0 Å². The lowest BCUT2D eigenvalue weighted by atomic mass is 10.0. The Morgan fingerprint density at radius 3 is 2.83 bits per heavy atom. The second-order valence-electron chi connectivity index (χ2n) is 4.29. The van der Waals surface area contributed by atoms with Crippen molar-refractivity contribution in [2.45, 2.75) is 25.7 Å². The van der Waals surface area contributed by atoms with Gasteiger partial charge in [-0.1, -0.05) is 23.7 Å². The van der Waals surface area contributed by atoms with E-state index in [0.29, 0.717) is 19.4 Å². The fourth-order valence-corrected chi connectivity index (χ4v) is 2.18. The normalized spacial score (nSPS) is 15.2. The molecule has 5 heteroatoms. The number of amides is 1. The molecule has 18 heavy (non-hydrogen) atoms. The minimum absolute atomic E-state index is 0.0376. The van der Waals surface area contributed by atoms with E-state index in [2.05, 4.69) is 10.5 Å². The first-order valence-electron chi connectivity index (χ1n) is 6.05. The fourth-order valence-electron chi connectivity index (χ4n) is 1.90. The highest BCUT2D eigenvalue weighted by molar-refractivity contribution is 6.31. The van der Waals surface area contributed by atoms with Crippen molar-refractivity contribution in [2.75, 3.05) is 6.54 Å². The Balaban J connectivity index is 2.16. The minimum Gasteiger partial charge on any atom is -0.330 e. The number of rotatable bonds is 4. The van der Waals surface area contributed by atoms with Gasteiger partial charge in [-0.15, -0.1) is 0 Å². The lowest BCUT2D eigenvalue weighted by Gasteiger charge is -2.13. The minimum atomic E-state index is -0.0376. The van der Waals surface area contributed by atoms with Crippen LogP contribution in [0, 0.1) is 0 Å². The molecule has 0 bridgehead atoms. The Bertz CT molecular complexity index is 485. The Morgan fingerprint density at radius 2 is 2.22 bits per heavy atom. The van der Waals surface area contributed by atoms with Crippen LogP contribution in [0.15, 0.2) is 23.3 Å². The molecule has 1 aliphatic heterocycles. The average molecular weight is 266 g/mol. The van der Waals surface area contributed by atoms with E-state index in [0.717, 1.165) is 34.7 Å². The van der Waals surface area contributed by atoms with Crippen LogP contribution >= 0.6 is 11.6 Å². The van der Waals surface area contributed by atoms with E-state index in [-0.39, 0.29) is 5.91 Å². The molecule has 0 saturated heterocycles. The first-order valence-corrected chi connectivity index (χ1v) is 6.43. The molecule has 0 aromatic heterocycles. The summed E-state index contributed by atoms with van der Waals surface area (Å²) >= 11 is 6.23. The van der Waals surface area contributed by atoms with Gasteiger partial charge in [0.2, 0.25) is 5.91 Å². The van der Waals surface area contributed by atoms with Gasteiger partial charge in [-0.25, -0.2) is 5.43 Å². The molecule has 96 valence electrons. The van der Waals surface area contributed by atoms with Crippen molar-refractivity contribution in [1.82, 2.24) is 5.43 Å². The van der Waals surface area contributed by atoms with Crippen molar-refractivity contribution in [2.24, 2.45) is 10.8 Å². The van der Waals surface area contributed by atoms with Crippen LogP contribution in [0.2, 0.25) is 5.02 Å². The van der Waals surface area contributed by atoms with Gasteiger partial charge in [0, 0.05) is 17.9 Å². The molecule has 4 nitrogen and oxygen atoms in total. The number of hydrazone groups is 1. The molecule has 0 unspecified atom stereocenters. The predicted molar refractivity (Wildman–Crippen MR) is 72.7 cm³/mol. The Morgan fingerprint density at radius 1 is 1.39 bits per heavy atom. The van der Waals surface area contributed by atoms with Gasteiger partial charge in [-0.05, 0) is 36.6 Å². The first kappa shape index (κ1) is 13.1. The molecule has 0 saturated carbocycles. The third kappa shape index (κ3) is 3.09. The van der Waals surface area contributed by atoms with Crippen LogP contribution in [0.5, 0.6) is 0 Å². The van der Waals surface area contributed by atoms with Crippen molar-refractivity contribution in [3.63, 3.8) is 0 Å². The van der Waals surface area contributed by atoms with Crippen LogP contribution in [-0.2, 0) is 11.2 Å². The molecule has 1 aliphatic rings. The van der Waals surface area contributed by atoms with E-state index in [1.54, 1.807) is 0 Å². The number of aryl methyl sites for hydroxylation is 1. The largest absolute Gasteiger partial charge is 0.330 e. The van der Waals surface area contributed by atoms with Crippen LogP contribution in [0.1, 0.15) is 30.4 Å². The van der Waals surface area contributed by atoms with Crippen molar-refractivity contribution in [1.29, 1.82) is 0 Å². The lowest BCUT2D eigenvalue weighted by Crippen LogP contribution is -2.25. The Kier molecular flexibility index (Phi) is 4.33. The van der Waals surface area contributed by atoms with Crippen molar-refractivity contribution in [3.8, 4) is 0 Å². The molecule has 1 amide bonds. The topological polar surface area (TPSA) is 67.5 Å². The third-order valence-corrected chi connectivity index (χ3v) is 3.29. The van der Waals surface area contributed by atoms with Gasteiger partial charge in [0.1, 0.15) is 0 Å². The molecule has 0 fully saturated rings. The maximum Gasteiger partial charge on any atom is 0.240 e. The first-order chi connectivity index (χ1) is 8.70. The predicted octanol–water partition coefficient (Wildman–Crippen LogP) is 1.85. The van der Waals surface area contributed by atoms with Gasteiger partial charge >= 0.3 is 0 Å². The summed E-state index contributed by atoms with van der Waals surface area (Å²) in [5.41, 5.74) is 10.9. The van der Waals surface area contributed by atoms with Gasteiger partial charge in [-0.3, -0.25) is 4.79 Å². The molecular formula is C13H16ClN3O. The summed E-state index contributed by atoms with van der Waals surface area (Å²) in [6, 6.07) is 5.91. The van der Waals surface area contributed by atoms with Crippen molar-refractivity contribution >= 4 is 23.2 Å². The van der Waals surface area contributed by atoms with Gasteiger partial charge in [0.15, 0.2) is 0 Å². The Hall–Kier alpha value is -1.39. The summed E-state index contributed by atoms with van der Waals surface area (Å²) in [6.07, 6.45) is 2.95. The maximum absolute atomic E-state index is 11.0. The lowest BCUT2D eigenvalue weighted by molar-refractivity contribution is -0.121. The number of hydrogen-bond donors (Lipinski definition) is 2. The molecule has 2 rings (SSSR count). The van der Waals surface area contributed by atoms with Gasteiger partial charge in [0.25, 0.3) is 0 Å². The standard InChI is InChI=1S/C13H16ClN3O/c14-11-8-10(4-3-9(11)2-1-7-15)12-5-6-13(18)17-16-12/h3-4,8H,1-2,5-7,15H2,(H,17,18). The number of hydrogen-bond acceptors (Lipinski definition) is 3. The molecule has 0 atom stereocenters. The molecule has 0 radical (unpaired) electrons. The summed E-state index contributed by atoms with van der Waals surface area (Å²) in [4.78, 5) is 11.0. The number of nitrogens with one attached hydrogen (secondary N) is 1. The molecule has 0 spiro atoms. The van der Waals surface area contributed by atoms with Crippen LogP contribution in [0.4, 0.5) is 0 Å². The molecule has 1 heterocycles. The highest BCUT2D eigenvalue weighted by Gasteiger charge is 2.14.